The van der Waals surface area contributed by atoms with Gasteiger partial charge >= 0.3 is 0 Å². The summed E-state index contributed by atoms with van der Waals surface area (Å²) in [7, 11) is 0. The molecule has 0 bridgehead atoms. The predicted molar refractivity (Wildman–Crippen MR) is 75.2 cm³/mol. The zero-order valence-electron chi connectivity index (χ0n) is 10.3. The van der Waals surface area contributed by atoms with Crippen LogP contribution in [0.4, 0.5) is 0 Å². The summed E-state index contributed by atoms with van der Waals surface area (Å²) in [5.74, 6) is 0.281. The fourth-order valence-corrected chi connectivity index (χ4v) is 3.01. The lowest BCUT2D eigenvalue weighted by Crippen LogP contribution is -1.92. The van der Waals surface area contributed by atoms with Crippen molar-refractivity contribution in [3.8, 4) is 6.07 Å². The second-order valence-corrected chi connectivity index (χ2v) is 5.92. The zero-order chi connectivity index (χ0) is 13.1. The highest BCUT2D eigenvalue weighted by Gasteiger charge is 2.14. The van der Waals surface area contributed by atoms with Gasteiger partial charge in [-0.1, -0.05) is 37.6 Å². The Balaban J connectivity index is 2.28. The SMILES string of the molecule is CC(C)c1nc(Cc2cccc(Cl)c2)sc1C#N. The van der Waals surface area contributed by atoms with Gasteiger partial charge in [0.2, 0.25) is 0 Å². The van der Waals surface area contributed by atoms with Gasteiger partial charge in [0.15, 0.2) is 0 Å². The van der Waals surface area contributed by atoms with Gasteiger partial charge in [0.1, 0.15) is 10.9 Å². The molecule has 0 fully saturated rings. The highest BCUT2D eigenvalue weighted by Crippen LogP contribution is 2.26. The van der Waals surface area contributed by atoms with E-state index in [1.165, 1.54) is 11.3 Å². The highest BCUT2D eigenvalue weighted by molar-refractivity contribution is 7.12. The standard InChI is InChI=1S/C14H13ClN2S/c1-9(2)14-12(8-16)18-13(17-14)7-10-4-3-5-11(15)6-10/h3-6,9H,7H2,1-2H3. The summed E-state index contributed by atoms with van der Waals surface area (Å²) >= 11 is 7.43. The molecule has 0 amide bonds. The first-order chi connectivity index (χ1) is 8.60. The van der Waals surface area contributed by atoms with Crippen LogP contribution in [0.5, 0.6) is 0 Å². The maximum absolute atomic E-state index is 9.09. The molecule has 18 heavy (non-hydrogen) atoms. The first-order valence-corrected chi connectivity index (χ1v) is 6.93. The third-order valence-corrected chi connectivity index (χ3v) is 3.80. The summed E-state index contributed by atoms with van der Waals surface area (Å²) in [6, 6.07) is 9.97. The minimum Gasteiger partial charge on any atom is -0.244 e. The summed E-state index contributed by atoms with van der Waals surface area (Å²) in [4.78, 5) is 5.28. The number of nitriles is 1. The molecule has 0 aliphatic carbocycles. The molecule has 92 valence electrons. The van der Waals surface area contributed by atoms with Gasteiger partial charge in [0.05, 0.1) is 10.7 Å². The van der Waals surface area contributed by atoms with Crippen molar-refractivity contribution in [2.75, 3.05) is 0 Å². The summed E-state index contributed by atoms with van der Waals surface area (Å²) in [6.07, 6.45) is 0.729. The topological polar surface area (TPSA) is 36.7 Å². The van der Waals surface area contributed by atoms with E-state index in [4.69, 9.17) is 16.9 Å². The van der Waals surface area contributed by atoms with Crippen molar-refractivity contribution in [2.45, 2.75) is 26.2 Å². The Hall–Kier alpha value is -1.37. The van der Waals surface area contributed by atoms with E-state index in [1.807, 2.05) is 24.3 Å². The van der Waals surface area contributed by atoms with Crippen molar-refractivity contribution in [1.82, 2.24) is 4.98 Å². The Bertz CT molecular complexity index is 596. The molecular weight excluding hydrogens is 264 g/mol. The smallest absolute Gasteiger partial charge is 0.128 e. The summed E-state index contributed by atoms with van der Waals surface area (Å²) in [5.41, 5.74) is 2.02. The molecule has 0 atom stereocenters. The second kappa shape index (κ2) is 5.51. The van der Waals surface area contributed by atoms with E-state index in [1.54, 1.807) is 0 Å². The van der Waals surface area contributed by atoms with E-state index in [0.717, 1.165) is 32.6 Å². The van der Waals surface area contributed by atoms with Crippen LogP contribution in [0.1, 0.15) is 40.9 Å². The molecule has 0 saturated carbocycles. The van der Waals surface area contributed by atoms with Crippen molar-refractivity contribution < 1.29 is 0 Å². The molecule has 0 N–H and O–H groups in total. The fraction of sp³-hybridized carbons (Fsp3) is 0.286. The van der Waals surface area contributed by atoms with Gasteiger partial charge in [-0.3, -0.25) is 0 Å². The van der Waals surface area contributed by atoms with Crippen molar-refractivity contribution >= 4 is 22.9 Å². The number of benzene rings is 1. The normalized spacial score (nSPS) is 10.6. The average molecular weight is 277 g/mol. The molecule has 1 aromatic heterocycles. The number of rotatable bonds is 3. The average Bonchev–Trinajstić information content (AvgIpc) is 2.72. The zero-order valence-corrected chi connectivity index (χ0v) is 11.8. The molecule has 2 nitrogen and oxygen atoms in total. The third kappa shape index (κ3) is 2.90. The van der Waals surface area contributed by atoms with E-state index < -0.39 is 0 Å². The van der Waals surface area contributed by atoms with E-state index in [-0.39, 0.29) is 5.92 Å². The Morgan fingerprint density at radius 3 is 2.78 bits per heavy atom. The Kier molecular flexibility index (Phi) is 4.00. The van der Waals surface area contributed by atoms with Crippen LogP contribution in [0.2, 0.25) is 5.02 Å². The first kappa shape index (κ1) is 13.1. The number of thiazole rings is 1. The lowest BCUT2D eigenvalue weighted by Gasteiger charge is -2.00. The number of hydrogen-bond donors (Lipinski definition) is 0. The van der Waals surface area contributed by atoms with Crippen LogP contribution in [0.3, 0.4) is 0 Å². The Morgan fingerprint density at radius 2 is 2.22 bits per heavy atom. The molecule has 0 unspecified atom stereocenters. The Labute approximate surface area is 116 Å². The van der Waals surface area contributed by atoms with E-state index in [0.29, 0.717) is 0 Å². The van der Waals surface area contributed by atoms with Gasteiger partial charge in [0.25, 0.3) is 0 Å². The van der Waals surface area contributed by atoms with Gasteiger partial charge in [-0.15, -0.1) is 11.3 Å². The van der Waals surface area contributed by atoms with Gasteiger partial charge in [0, 0.05) is 11.4 Å². The number of hydrogen-bond acceptors (Lipinski definition) is 3. The molecule has 4 heteroatoms. The van der Waals surface area contributed by atoms with Crippen molar-refractivity contribution in [1.29, 1.82) is 5.26 Å². The molecule has 0 radical (unpaired) electrons. The first-order valence-electron chi connectivity index (χ1n) is 5.74. The minimum absolute atomic E-state index is 0.281. The molecule has 0 saturated heterocycles. The van der Waals surface area contributed by atoms with Crippen LogP contribution in [0, 0.1) is 11.3 Å². The van der Waals surface area contributed by atoms with Gasteiger partial charge in [-0.2, -0.15) is 5.26 Å². The number of nitrogens with zero attached hydrogens (tertiary/aromatic N) is 2. The van der Waals surface area contributed by atoms with Gasteiger partial charge in [-0.05, 0) is 23.6 Å². The number of aromatic nitrogens is 1. The summed E-state index contributed by atoms with van der Waals surface area (Å²) in [5, 5.41) is 10.8. The van der Waals surface area contributed by atoms with Crippen LogP contribution in [0.25, 0.3) is 0 Å². The number of halogens is 1. The molecule has 0 spiro atoms. The highest BCUT2D eigenvalue weighted by atomic mass is 35.5. The Morgan fingerprint density at radius 1 is 1.44 bits per heavy atom. The fourth-order valence-electron chi connectivity index (χ4n) is 1.75. The lowest BCUT2D eigenvalue weighted by atomic mass is 10.1. The molecule has 0 aliphatic rings. The summed E-state index contributed by atoms with van der Waals surface area (Å²) in [6.45, 7) is 4.11. The van der Waals surface area contributed by atoms with Crippen LogP contribution < -0.4 is 0 Å². The molecule has 2 rings (SSSR count). The van der Waals surface area contributed by atoms with Crippen LogP contribution in [0.15, 0.2) is 24.3 Å². The van der Waals surface area contributed by atoms with Crippen LogP contribution in [-0.2, 0) is 6.42 Å². The monoisotopic (exact) mass is 276 g/mol. The molecule has 1 aromatic carbocycles. The molecular formula is C14H13ClN2S. The minimum atomic E-state index is 0.281. The maximum Gasteiger partial charge on any atom is 0.128 e. The van der Waals surface area contributed by atoms with E-state index in [9.17, 15) is 0 Å². The molecule has 2 aromatic rings. The maximum atomic E-state index is 9.09. The van der Waals surface area contributed by atoms with Crippen molar-refractivity contribution in [3.63, 3.8) is 0 Å². The third-order valence-electron chi connectivity index (χ3n) is 2.59. The van der Waals surface area contributed by atoms with Crippen LogP contribution >= 0.6 is 22.9 Å². The van der Waals surface area contributed by atoms with E-state index >= 15 is 0 Å². The van der Waals surface area contributed by atoms with Crippen LogP contribution in [-0.4, -0.2) is 4.98 Å². The lowest BCUT2D eigenvalue weighted by molar-refractivity contribution is 0.822. The van der Waals surface area contributed by atoms with Gasteiger partial charge in [-0.25, -0.2) is 4.98 Å². The van der Waals surface area contributed by atoms with E-state index in [2.05, 4.69) is 24.9 Å². The van der Waals surface area contributed by atoms with Crippen molar-refractivity contribution in [2.24, 2.45) is 0 Å². The van der Waals surface area contributed by atoms with Crippen molar-refractivity contribution in [3.05, 3.63) is 50.4 Å². The summed E-state index contributed by atoms with van der Waals surface area (Å²) < 4.78 is 0. The molecule has 0 aliphatic heterocycles. The van der Waals surface area contributed by atoms with Gasteiger partial charge < -0.3 is 0 Å². The quantitative estimate of drug-likeness (QED) is 0.834. The largest absolute Gasteiger partial charge is 0.244 e. The predicted octanol–water partition coefficient (Wildman–Crippen LogP) is 4.38. The molecule has 1 heterocycles. The second-order valence-electron chi connectivity index (χ2n) is 4.40.